The van der Waals surface area contributed by atoms with Gasteiger partial charge >= 0.3 is 0 Å². The van der Waals surface area contributed by atoms with E-state index in [9.17, 15) is 4.79 Å². The maximum Gasteiger partial charge on any atom is 0.260 e. The average molecular weight is 357 g/mol. The number of thiophene rings is 1. The molecular formula is C18H19N3O3S. The van der Waals surface area contributed by atoms with Crippen molar-refractivity contribution in [2.45, 2.75) is 6.54 Å². The van der Waals surface area contributed by atoms with Gasteiger partial charge in [-0.15, -0.1) is 11.3 Å². The van der Waals surface area contributed by atoms with Gasteiger partial charge in [-0.25, -0.2) is 4.98 Å². The van der Waals surface area contributed by atoms with Crippen LogP contribution in [0.1, 0.15) is 5.82 Å². The Labute approximate surface area is 149 Å². The third kappa shape index (κ3) is 3.30. The summed E-state index contributed by atoms with van der Waals surface area (Å²) in [4.78, 5) is 23.3. The van der Waals surface area contributed by atoms with Crippen LogP contribution in [0, 0.1) is 0 Å². The minimum Gasteiger partial charge on any atom is -0.497 e. The lowest BCUT2D eigenvalue weighted by molar-refractivity contribution is 0.0331. The Morgan fingerprint density at radius 3 is 3.00 bits per heavy atom. The van der Waals surface area contributed by atoms with Crippen molar-refractivity contribution in [3.8, 4) is 16.9 Å². The number of benzene rings is 1. The molecule has 1 saturated heterocycles. The molecule has 1 aliphatic rings. The Balaban J connectivity index is 1.70. The Morgan fingerprint density at radius 2 is 2.20 bits per heavy atom. The molecule has 0 saturated carbocycles. The molecule has 0 spiro atoms. The van der Waals surface area contributed by atoms with E-state index in [-0.39, 0.29) is 5.56 Å². The standard InChI is InChI=1S/C18H19N3O3S/c1-23-13-4-2-3-12(9-13)14-11-25-18-16(14)17(22)19-15(20-18)10-21-5-7-24-8-6-21/h2-4,9,11H,5-8,10H2,1H3,(H,19,20,22). The number of morpholine rings is 1. The number of hydrogen-bond acceptors (Lipinski definition) is 6. The van der Waals surface area contributed by atoms with Crippen LogP contribution < -0.4 is 10.3 Å². The molecule has 1 aromatic carbocycles. The van der Waals surface area contributed by atoms with Gasteiger partial charge in [-0.2, -0.15) is 0 Å². The van der Waals surface area contributed by atoms with Gasteiger partial charge in [0.15, 0.2) is 0 Å². The number of nitrogens with one attached hydrogen (secondary N) is 1. The summed E-state index contributed by atoms with van der Waals surface area (Å²) in [6, 6.07) is 7.72. The van der Waals surface area contributed by atoms with Crippen LogP contribution in [-0.2, 0) is 11.3 Å². The Bertz CT molecular complexity index is 944. The molecule has 7 heteroatoms. The van der Waals surface area contributed by atoms with Gasteiger partial charge in [0, 0.05) is 24.0 Å². The molecule has 4 rings (SSSR count). The van der Waals surface area contributed by atoms with Crippen molar-refractivity contribution in [3.63, 3.8) is 0 Å². The first-order valence-corrected chi connectivity index (χ1v) is 9.07. The Hall–Kier alpha value is -2.22. The van der Waals surface area contributed by atoms with Crippen molar-refractivity contribution in [1.29, 1.82) is 0 Å². The normalized spacial score (nSPS) is 15.6. The lowest BCUT2D eigenvalue weighted by atomic mass is 10.1. The summed E-state index contributed by atoms with van der Waals surface area (Å²) in [5.74, 6) is 1.48. The van der Waals surface area contributed by atoms with Gasteiger partial charge in [0.25, 0.3) is 5.56 Å². The van der Waals surface area contributed by atoms with Gasteiger partial charge in [-0.05, 0) is 17.7 Å². The predicted molar refractivity (Wildman–Crippen MR) is 98.3 cm³/mol. The quantitative estimate of drug-likeness (QED) is 0.777. The average Bonchev–Trinajstić information content (AvgIpc) is 3.07. The predicted octanol–water partition coefficient (Wildman–Crippen LogP) is 2.49. The number of fused-ring (bicyclic) bond motifs is 1. The SMILES string of the molecule is COc1cccc(-c2csc3nc(CN4CCOCC4)[nH]c(=O)c23)c1. The van der Waals surface area contributed by atoms with Crippen LogP contribution in [0.5, 0.6) is 5.75 Å². The van der Waals surface area contributed by atoms with E-state index in [4.69, 9.17) is 9.47 Å². The summed E-state index contributed by atoms with van der Waals surface area (Å²) in [5, 5.41) is 2.63. The molecular weight excluding hydrogens is 338 g/mol. The van der Waals surface area contributed by atoms with Crippen molar-refractivity contribution in [3.05, 3.63) is 45.8 Å². The van der Waals surface area contributed by atoms with Gasteiger partial charge in [-0.3, -0.25) is 9.69 Å². The lowest BCUT2D eigenvalue weighted by Crippen LogP contribution is -2.36. The molecule has 1 N–H and O–H groups in total. The van der Waals surface area contributed by atoms with Gasteiger partial charge in [0.2, 0.25) is 0 Å². The smallest absolute Gasteiger partial charge is 0.260 e. The lowest BCUT2D eigenvalue weighted by Gasteiger charge is -2.25. The van der Waals surface area contributed by atoms with Crippen molar-refractivity contribution in [2.24, 2.45) is 0 Å². The van der Waals surface area contributed by atoms with Gasteiger partial charge in [0.05, 0.1) is 32.3 Å². The van der Waals surface area contributed by atoms with Crippen molar-refractivity contribution in [1.82, 2.24) is 14.9 Å². The van der Waals surface area contributed by atoms with Crippen LogP contribution in [0.2, 0.25) is 0 Å². The highest BCUT2D eigenvalue weighted by Gasteiger charge is 2.16. The van der Waals surface area contributed by atoms with Crippen LogP contribution in [-0.4, -0.2) is 48.3 Å². The maximum absolute atomic E-state index is 12.7. The number of H-pyrrole nitrogens is 1. The molecule has 1 fully saturated rings. The third-order valence-corrected chi connectivity index (χ3v) is 5.22. The zero-order valence-corrected chi connectivity index (χ0v) is 14.8. The molecule has 0 radical (unpaired) electrons. The minimum atomic E-state index is -0.0904. The molecule has 1 aliphatic heterocycles. The van der Waals surface area contributed by atoms with Gasteiger partial charge < -0.3 is 14.5 Å². The van der Waals surface area contributed by atoms with E-state index >= 15 is 0 Å². The molecule has 6 nitrogen and oxygen atoms in total. The first-order valence-electron chi connectivity index (χ1n) is 8.19. The molecule has 0 amide bonds. The van der Waals surface area contributed by atoms with Crippen LogP contribution in [0.4, 0.5) is 0 Å². The van der Waals surface area contributed by atoms with Crippen molar-refractivity contribution in [2.75, 3.05) is 33.4 Å². The molecule has 2 aromatic heterocycles. The topological polar surface area (TPSA) is 67.5 Å². The molecule has 0 bridgehead atoms. The zero-order chi connectivity index (χ0) is 17.2. The van der Waals surface area contributed by atoms with Crippen LogP contribution >= 0.6 is 11.3 Å². The highest BCUT2D eigenvalue weighted by molar-refractivity contribution is 7.17. The van der Waals surface area contributed by atoms with Gasteiger partial charge in [0.1, 0.15) is 16.4 Å². The molecule has 0 unspecified atom stereocenters. The number of aromatic nitrogens is 2. The largest absolute Gasteiger partial charge is 0.497 e. The fourth-order valence-corrected chi connectivity index (χ4v) is 4.01. The number of methoxy groups -OCH3 is 1. The fourth-order valence-electron chi connectivity index (χ4n) is 3.04. The van der Waals surface area contributed by atoms with E-state index < -0.39 is 0 Å². The first kappa shape index (κ1) is 16.3. The van der Waals surface area contributed by atoms with E-state index in [1.165, 1.54) is 11.3 Å². The molecule has 3 aromatic rings. The highest BCUT2D eigenvalue weighted by atomic mass is 32.1. The molecule has 25 heavy (non-hydrogen) atoms. The molecule has 0 aliphatic carbocycles. The minimum absolute atomic E-state index is 0.0904. The molecule has 3 heterocycles. The van der Waals surface area contributed by atoms with E-state index in [1.54, 1.807) is 7.11 Å². The number of nitrogens with zero attached hydrogens (tertiary/aromatic N) is 2. The third-order valence-electron chi connectivity index (χ3n) is 4.35. The Kier molecular flexibility index (Phi) is 4.52. The van der Waals surface area contributed by atoms with Crippen LogP contribution in [0.25, 0.3) is 21.3 Å². The summed E-state index contributed by atoms with van der Waals surface area (Å²) in [6.07, 6.45) is 0. The summed E-state index contributed by atoms with van der Waals surface area (Å²) in [5.41, 5.74) is 1.76. The fraction of sp³-hybridized carbons (Fsp3) is 0.333. The monoisotopic (exact) mass is 357 g/mol. The highest BCUT2D eigenvalue weighted by Crippen LogP contribution is 2.32. The summed E-state index contributed by atoms with van der Waals surface area (Å²) in [6.45, 7) is 3.82. The summed E-state index contributed by atoms with van der Waals surface area (Å²) in [7, 11) is 1.64. The van der Waals surface area contributed by atoms with Crippen molar-refractivity contribution < 1.29 is 9.47 Å². The Morgan fingerprint density at radius 1 is 1.36 bits per heavy atom. The second-order valence-electron chi connectivity index (χ2n) is 5.96. The number of ether oxygens (including phenoxy) is 2. The second-order valence-corrected chi connectivity index (χ2v) is 6.82. The summed E-state index contributed by atoms with van der Waals surface area (Å²) >= 11 is 1.50. The maximum atomic E-state index is 12.7. The van der Waals surface area contributed by atoms with Crippen molar-refractivity contribution >= 4 is 21.6 Å². The van der Waals surface area contributed by atoms with Crippen LogP contribution in [0.3, 0.4) is 0 Å². The second kappa shape index (κ2) is 6.95. The van der Waals surface area contributed by atoms with E-state index in [2.05, 4.69) is 14.9 Å². The number of hydrogen-bond donors (Lipinski definition) is 1. The molecule has 0 atom stereocenters. The van der Waals surface area contributed by atoms with E-state index in [0.29, 0.717) is 17.8 Å². The summed E-state index contributed by atoms with van der Waals surface area (Å²) < 4.78 is 10.6. The zero-order valence-electron chi connectivity index (χ0n) is 13.9. The van der Waals surface area contributed by atoms with E-state index in [0.717, 1.165) is 48.0 Å². The molecule has 130 valence electrons. The van der Waals surface area contributed by atoms with Gasteiger partial charge in [-0.1, -0.05) is 12.1 Å². The van der Waals surface area contributed by atoms with E-state index in [1.807, 2.05) is 29.6 Å². The first-order chi connectivity index (χ1) is 12.2. The number of rotatable bonds is 4. The number of aromatic amines is 1. The van der Waals surface area contributed by atoms with Crippen LogP contribution in [0.15, 0.2) is 34.4 Å².